The smallest absolute Gasteiger partial charge is 0.296 e. The lowest BCUT2D eigenvalue weighted by Crippen LogP contribution is -2.24. The number of ketones is 1. The fraction of sp³-hybridized carbons (Fsp3) is 0.111. The Morgan fingerprint density at radius 3 is 2.29 bits per heavy atom. The summed E-state index contributed by atoms with van der Waals surface area (Å²) in [6, 6.07) is 12.3. The molecule has 0 aliphatic heterocycles. The van der Waals surface area contributed by atoms with Crippen LogP contribution in [0.15, 0.2) is 42.5 Å². The molecule has 2 aromatic carbocycles. The van der Waals surface area contributed by atoms with Gasteiger partial charge in [-0.2, -0.15) is 0 Å². The molecule has 1 aromatic heterocycles. The lowest BCUT2D eigenvalue weighted by Gasteiger charge is -2.08. The average molecular weight is 361 g/mol. The highest BCUT2D eigenvalue weighted by atomic mass is 35.5. The molecule has 122 valence electrons. The molecule has 0 unspecified atom stereocenters. The normalized spacial score (nSPS) is 10.8. The molecule has 0 radical (unpaired) electrons. The molecular formula is C18H14Cl2N2O2. The van der Waals surface area contributed by atoms with Crippen molar-refractivity contribution in [2.24, 2.45) is 7.05 Å². The van der Waals surface area contributed by atoms with Crippen molar-refractivity contribution < 1.29 is 9.59 Å². The fourth-order valence-electron chi connectivity index (χ4n) is 2.71. The van der Waals surface area contributed by atoms with Crippen LogP contribution >= 0.6 is 23.2 Å². The van der Waals surface area contributed by atoms with Gasteiger partial charge in [0.25, 0.3) is 11.7 Å². The molecule has 6 heteroatoms. The quantitative estimate of drug-likeness (QED) is 0.547. The molecule has 0 fully saturated rings. The summed E-state index contributed by atoms with van der Waals surface area (Å²) in [6.07, 6.45) is 0. The first-order valence-electron chi connectivity index (χ1n) is 7.25. The van der Waals surface area contributed by atoms with Gasteiger partial charge in [0.2, 0.25) is 0 Å². The van der Waals surface area contributed by atoms with Crippen LogP contribution in [0.5, 0.6) is 0 Å². The molecule has 0 aliphatic rings. The van der Waals surface area contributed by atoms with Gasteiger partial charge in [-0.25, -0.2) is 0 Å². The van der Waals surface area contributed by atoms with Crippen molar-refractivity contribution >= 4 is 51.5 Å². The molecule has 4 nitrogen and oxygen atoms in total. The van der Waals surface area contributed by atoms with Gasteiger partial charge in [-0.3, -0.25) is 9.59 Å². The molecule has 1 amide bonds. The minimum Gasteiger partial charge on any atom is -0.347 e. The van der Waals surface area contributed by atoms with Crippen LogP contribution in [0.3, 0.4) is 0 Å². The van der Waals surface area contributed by atoms with Crippen LogP contribution in [-0.2, 0) is 11.8 Å². The summed E-state index contributed by atoms with van der Waals surface area (Å²) in [5, 5.41) is 3.81. The number of carbonyl (C=O) groups is 2. The van der Waals surface area contributed by atoms with Crippen LogP contribution in [0, 0.1) is 6.92 Å². The number of nitrogens with one attached hydrogen (secondary N) is 1. The molecule has 0 aliphatic carbocycles. The molecule has 0 spiro atoms. The highest BCUT2D eigenvalue weighted by Gasteiger charge is 2.25. The molecule has 1 heterocycles. The van der Waals surface area contributed by atoms with E-state index >= 15 is 0 Å². The average Bonchev–Trinajstić information content (AvgIpc) is 2.82. The van der Waals surface area contributed by atoms with Gasteiger partial charge >= 0.3 is 0 Å². The maximum atomic E-state index is 12.7. The number of rotatable bonds is 3. The van der Waals surface area contributed by atoms with Gasteiger partial charge in [0.05, 0.1) is 21.3 Å². The van der Waals surface area contributed by atoms with Crippen molar-refractivity contribution in [1.29, 1.82) is 0 Å². The first-order chi connectivity index (χ1) is 11.4. The van der Waals surface area contributed by atoms with E-state index in [1.807, 2.05) is 42.8 Å². The predicted octanol–water partition coefficient (Wildman–Crippen LogP) is 4.61. The largest absolute Gasteiger partial charge is 0.347 e. The van der Waals surface area contributed by atoms with Crippen molar-refractivity contribution in [3.63, 3.8) is 0 Å². The number of amides is 1. The maximum absolute atomic E-state index is 12.7. The fourth-order valence-corrected chi connectivity index (χ4v) is 3.20. The Bertz CT molecular complexity index is 956. The number of carbonyl (C=O) groups excluding carboxylic acids is 2. The van der Waals surface area contributed by atoms with Gasteiger partial charge < -0.3 is 9.88 Å². The first kappa shape index (κ1) is 16.6. The van der Waals surface area contributed by atoms with Crippen molar-refractivity contribution in [2.75, 3.05) is 5.32 Å². The number of nitrogens with zero attached hydrogens (tertiary/aromatic N) is 1. The van der Waals surface area contributed by atoms with Crippen LogP contribution in [-0.4, -0.2) is 16.3 Å². The number of fused-ring (bicyclic) bond motifs is 1. The third-order valence-corrected chi connectivity index (χ3v) is 4.66. The molecule has 0 atom stereocenters. The van der Waals surface area contributed by atoms with Gasteiger partial charge in [-0.1, -0.05) is 47.5 Å². The number of aromatic nitrogens is 1. The summed E-state index contributed by atoms with van der Waals surface area (Å²) < 4.78 is 1.89. The van der Waals surface area contributed by atoms with Gasteiger partial charge in [-0.05, 0) is 25.1 Å². The Morgan fingerprint density at radius 2 is 1.62 bits per heavy atom. The topological polar surface area (TPSA) is 51.1 Å². The zero-order valence-corrected chi connectivity index (χ0v) is 14.6. The van der Waals surface area contributed by atoms with E-state index in [2.05, 4.69) is 5.32 Å². The lowest BCUT2D eigenvalue weighted by molar-refractivity contribution is -0.112. The van der Waals surface area contributed by atoms with Gasteiger partial charge in [0, 0.05) is 23.6 Å². The van der Waals surface area contributed by atoms with E-state index in [0.29, 0.717) is 5.56 Å². The summed E-state index contributed by atoms with van der Waals surface area (Å²) in [5.41, 5.74) is 2.23. The van der Waals surface area contributed by atoms with Crippen molar-refractivity contribution in [1.82, 2.24) is 4.57 Å². The Balaban J connectivity index is 2.01. The van der Waals surface area contributed by atoms with E-state index in [4.69, 9.17) is 23.2 Å². The number of Topliss-reactive ketones (excluding diaryl/α,β-unsaturated/α-hetero) is 1. The zero-order chi connectivity index (χ0) is 17.4. The van der Waals surface area contributed by atoms with Crippen LogP contribution in [0.4, 0.5) is 5.69 Å². The predicted molar refractivity (Wildman–Crippen MR) is 97.1 cm³/mol. The Kier molecular flexibility index (Phi) is 4.35. The number of hydrogen-bond donors (Lipinski definition) is 1. The third kappa shape index (κ3) is 2.68. The standard InChI is InChI=1S/C18H14Cl2N2O2/c1-10-15(11-6-3-4-9-14(11)22(10)2)17(23)18(24)21-16-12(19)7-5-8-13(16)20/h3-9H,1-2H3,(H,21,24). The number of aryl methyl sites for hydroxylation is 1. The van der Waals surface area contributed by atoms with Gasteiger partial charge in [0.15, 0.2) is 0 Å². The summed E-state index contributed by atoms with van der Waals surface area (Å²) >= 11 is 12.1. The highest BCUT2D eigenvalue weighted by molar-refractivity contribution is 6.50. The second-order valence-electron chi connectivity index (χ2n) is 5.42. The molecule has 24 heavy (non-hydrogen) atoms. The van der Waals surface area contributed by atoms with Gasteiger partial charge in [-0.15, -0.1) is 0 Å². The molecular weight excluding hydrogens is 347 g/mol. The number of halogens is 2. The van der Waals surface area contributed by atoms with Crippen molar-refractivity contribution in [3.05, 3.63) is 63.8 Å². The molecule has 3 rings (SSSR count). The van der Waals surface area contributed by atoms with Crippen molar-refractivity contribution in [2.45, 2.75) is 6.92 Å². The van der Waals surface area contributed by atoms with E-state index in [9.17, 15) is 9.59 Å². The second-order valence-corrected chi connectivity index (χ2v) is 6.23. The first-order valence-corrected chi connectivity index (χ1v) is 8.01. The molecule has 0 saturated carbocycles. The van der Waals surface area contributed by atoms with E-state index < -0.39 is 11.7 Å². The van der Waals surface area contributed by atoms with Crippen LogP contribution in [0.2, 0.25) is 10.0 Å². The monoisotopic (exact) mass is 360 g/mol. The summed E-state index contributed by atoms with van der Waals surface area (Å²) in [4.78, 5) is 25.1. The van der Waals surface area contributed by atoms with Gasteiger partial charge in [0.1, 0.15) is 0 Å². The molecule has 1 N–H and O–H groups in total. The second kappa shape index (κ2) is 6.30. The Morgan fingerprint density at radius 1 is 1.00 bits per heavy atom. The maximum Gasteiger partial charge on any atom is 0.296 e. The van der Waals surface area contributed by atoms with Crippen molar-refractivity contribution in [3.8, 4) is 0 Å². The molecule has 0 saturated heterocycles. The minimum atomic E-state index is -0.774. The van der Waals surface area contributed by atoms with E-state index in [1.165, 1.54) is 0 Å². The van der Waals surface area contributed by atoms with E-state index in [0.717, 1.165) is 16.6 Å². The highest BCUT2D eigenvalue weighted by Crippen LogP contribution is 2.30. The molecule has 0 bridgehead atoms. The third-order valence-electron chi connectivity index (χ3n) is 4.03. The van der Waals surface area contributed by atoms with E-state index in [1.54, 1.807) is 18.2 Å². The number of anilines is 1. The number of hydrogen-bond acceptors (Lipinski definition) is 2. The summed E-state index contributed by atoms with van der Waals surface area (Å²) in [7, 11) is 1.86. The Hall–Kier alpha value is -2.30. The SMILES string of the molecule is Cc1c(C(=O)C(=O)Nc2c(Cl)cccc2Cl)c2ccccc2n1C. The van der Waals surface area contributed by atoms with Crippen LogP contribution < -0.4 is 5.32 Å². The van der Waals surface area contributed by atoms with Crippen LogP contribution in [0.25, 0.3) is 10.9 Å². The number of para-hydroxylation sites is 2. The Labute approximate surface area is 149 Å². The van der Waals surface area contributed by atoms with Crippen LogP contribution in [0.1, 0.15) is 16.1 Å². The zero-order valence-electron chi connectivity index (χ0n) is 13.1. The minimum absolute atomic E-state index is 0.233. The van der Waals surface area contributed by atoms with E-state index in [-0.39, 0.29) is 15.7 Å². The molecule has 3 aromatic rings. The number of benzene rings is 2. The lowest BCUT2D eigenvalue weighted by atomic mass is 10.1. The summed E-state index contributed by atoms with van der Waals surface area (Å²) in [6.45, 7) is 1.81. The summed E-state index contributed by atoms with van der Waals surface area (Å²) in [5.74, 6) is -1.40.